The molecular weight excluding hydrogens is 332 g/mol. The van der Waals surface area contributed by atoms with Crippen molar-refractivity contribution >= 4 is 39.1 Å². The lowest BCUT2D eigenvalue weighted by molar-refractivity contribution is 0.101. The maximum absolute atomic E-state index is 12.0. The molecule has 0 saturated heterocycles. The quantitative estimate of drug-likeness (QED) is 0.797. The van der Waals surface area contributed by atoms with E-state index in [0.717, 1.165) is 15.7 Å². The normalized spacial score (nSPS) is 10.0. The van der Waals surface area contributed by atoms with Gasteiger partial charge in [0.2, 0.25) is 0 Å². The van der Waals surface area contributed by atoms with Crippen molar-refractivity contribution in [1.82, 2.24) is 0 Å². The van der Waals surface area contributed by atoms with E-state index in [4.69, 9.17) is 0 Å². The summed E-state index contributed by atoms with van der Waals surface area (Å²) in [5.74, 6) is -0.0391. The number of hydrogen-bond acceptors (Lipinski definition) is 2. The first-order valence-electron chi connectivity index (χ1n) is 6.41. The molecule has 0 heterocycles. The van der Waals surface area contributed by atoms with E-state index in [-0.39, 0.29) is 11.8 Å². The predicted molar refractivity (Wildman–Crippen MR) is 88.0 cm³/mol. The molecule has 21 heavy (non-hydrogen) atoms. The maximum Gasteiger partial charge on any atom is 0.323 e. The van der Waals surface area contributed by atoms with Crippen molar-refractivity contribution in [3.8, 4) is 0 Å². The van der Waals surface area contributed by atoms with Gasteiger partial charge in [0.15, 0.2) is 5.78 Å². The fraction of sp³-hybridized carbons (Fsp3) is 0.125. The smallest absolute Gasteiger partial charge is 0.308 e. The minimum atomic E-state index is -0.346. The first kappa shape index (κ1) is 15.3. The van der Waals surface area contributed by atoms with E-state index in [1.54, 1.807) is 24.3 Å². The highest BCUT2D eigenvalue weighted by Crippen LogP contribution is 2.20. The lowest BCUT2D eigenvalue weighted by Gasteiger charge is -2.10. The Balaban J connectivity index is 2.08. The van der Waals surface area contributed by atoms with E-state index in [1.165, 1.54) is 6.92 Å². The number of benzene rings is 2. The van der Waals surface area contributed by atoms with E-state index < -0.39 is 0 Å². The van der Waals surface area contributed by atoms with Crippen molar-refractivity contribution < 1.29 is 9.59 Å². The van der Waals surface area contributed by atoms with Gasteiger partial charge in [-0.15, -0.1) is 0 Å². The molecule has 0 unspecified atom stereocenters. The summed E-state index contributed by atoms with van der Waals surface area (Å²) >= 11 is 3.38. The third kappa shape index (κ3) is 4.16. The van der Waals surface area contributed by atoms with E-state index in [0.29, 0.717) is 11.3 Å². The van der Waals surface area contributed by atoms with Gasteiger partial charge in [-0.2, -0.15) is 0 Å². The number of nitrogens with one attached hydrogen (secondary N) is 2. The van der Waals surface area contributed by atoms with Crippen LogP contribution in [-0.2, 0) is 0 Å². The van der Waals surface area contributed by atoms with Gasteiger partial charge in [0.1, 0.15) is 0 Å². The summed E-state index contributed by atoms with van der Waals surface area (Å²) in [5.41, 5.74) is 2.83. The topological polar surface area (TPSA) is 58.2 Å². The Kier molecular flexibility index (Phi) is 4.75. The van der Waals surface area contributed by atoms with E-state index >= 15 is 0 Å². The van der Waals surface area contributed by atoms with Gasteiger partial charge in [-0.25, -0.2) is 4.79 Å². The van der Waals surface area contributed by atoms with E-state index in [9.17, 15) is 9.59 Å². The summed E-state index contributed by atoms with van der Waals surface area (Å²) < 4.78 is 0.958. The maximum atomic E-state index is 12.0. The van der Waals surface area contributed by atoms with Crippen LogP contribution in [-0.4, -0.2) is 11.8 Å². The Hall–Kier alpha value is -2.14. The van der Waals surface area contributed by atoms with Gasteiger partial charge >= 0.3 is 6.03 Å². The number of rotatable bonds is 3. The number of amides is 2. The van der Waals surface area contributed by atoms with Crippen LogP contribution in [0.4, 0.5) is 16.2 Å². The second-order valence-corrected chi connectivity index (χ2v) is 5.59. The van der Waals surface area contributed by atoms with Gasteiger partial charge in [0, 0.05) is 21.4 Å². The van der Waals surface area contributed by atoms with Crippen molar-refractivity contribution in [2.24, 2.45) is 0 Å². The van der Waals surface area contributed by atoms with Crippen LogP contribution in [0.2, 0.25) is 0 Å². The highest BCUT2D eigenvalue weighted by atomic mass is 79.9. The Morgan fingerprint density at radius 1 is 1.05 bits per heavy atom. The third-order valence-electron chi connectivity index (χ3n) is 2.96. The average molecular weight is 347 g/mol. The lowest BCUT2D eigenvalue weighted by Crippen LogP contribution is -2.20. The zero-order valence-corrected chi connectivity index (χ0v) is 13.3. The Morgan fingerprint density at radius 2 is 1.81 bits per heavy atom. The highest BCUT2D eigenvalue weighted by Gasteiger charge is 2.06. The summed E-state index contributed by atoms with van der Waals surface area (Å²) in [6, 6.07) is 12.1. The Labute approximate surface area is 131 Å². The number of urea groups is 1. The van der Waals surface area contributed by atoms with Crippen molar-refractivity contribution in [3.63, 3.8) is 0 Å². The zero-order valence-electron chi connectivity index (χ0n) is 11.7. The second-order valence-electron chi connectivity index (χ2n) is 4.68. The van der Waals surface area contributed by atoms with Crippen LogP contribution in [0, 0.1) is 6.92 Å². The van der Waals surface area contributed by atoms with Gasteiger partial charge in [0.25, 0.3) is 0 Å². The molecule has 0 saturated carbocycles. The van der Waals surface area contributed by atoms with Gasteiger partial charge in [-0.05, 0) is 49.7 Å². The zero-order chi connectivity index (χ0) is 15.4. The third-order valence-corrected chi connectivity index (χ3v) is 3.46. The van der Waals surface area contributed by atoms with Crippen LogP contribution in [0.3, 0.4) is 0 Å². The SMILES string of the molecule is CC(=O)c1cccc(NC(=O)Nc2ccc(Br)cc2C)c1. The van der Waals surface area contributed by atoms with Crippen molar-refractivity contribution in [1.29, 1.82) is 0 Å². The van der Waals surface area contributed by atoms with Crippen molar-refractivity contribution in [2.75, 3.05) is 10.6 Å². The standard InChI is InChI=1S/C16H15BrN2O2/c1-10-8-13(17)6-7-15(10)19-16(21)18-14-5-3-4-12(9-14)11(2)20/h3-9H,1-2H3,(H2,18,19,21). The minimum absolute atomic E-state index is 0.0391. The summed E-state index contributed by atoms with van der Waals surface area (Å²) in [6.07, 6.45) is 0. The number of aryl methyl sites for hydroxylation is 1. The molecule has 0 aliphatic rings. The predicted octanol–water partition coefficient (Wildman–Crippen LogP) is 4.60. The van der Waals surface area contributed by atoms with Crippen molar-refractivity contribution in [2.45, 2.75) is 13.8 Å². The first-order chi connectivity index (χ1) is 9.95. The average Bonchev–Trinajstić information content (AvgIpc) is 2.42. The highest BCUT2D eigenvalue weighted by molar-refractivity contribution is 9.10. The lowest BCUT2D eigenvalue weighted by atomic mass is 10.1. The number of ketones is 1. The van der Waals surface area contributed by atoms with Crippen LogP contribution in [0.15, 0.2) is 46.9 Å². The number of halogens is 1. The van der Waals surface area contributed by atoms with Crippen LogP contribution < -0.4 is 10.6 Å². The number of carbonyl (C=O) groups excluding carboxylic acids is 2. The number of hydrogen-bond donors (Lipinski definition) is 2. The van der Waals surface area contributed by atoms with E-state index in [1.807, 2.05) is 25.1 Å². The molecule has 0 fully saturated rings. The van der Waals surface area contributed by atoms with Crippen molar-refractivity contribution in [3.05, 3.63) is 58.1 Å². The van der Waals surface area contributed by atoms with Gasteiger partial charge in [-0.3, -0.25) is 4.79 Å². The molecule has 0 spiro atoms. The molecule has 0 aromatic heterocycles. The number of Topliss-reactive ketones (excluding diaryl/α,β-unsaturated/α-hetero) is 1. The molecule has 4 nitrogen and oxygen atoms in total. The molecule has 2 N–H and O–H groups in total. The van der Waals surface area contributed by atoms with Crippen LogP contribution in [0.5, 0.6) is 0 Å². The summed E-state index contributed by atoms with van der Waals surface area (Å²) in [7, 11) is 0. The summed E-state index contributed by atoms with van der Waals surface area (Å²) in [6.45, 7) is 3.40. The fourth-order valence-corrected chi connectivity index (χ4v) is 2.34. The van der Waals surface area contributed by atoms with Crippen LogP contribution >= 0.6 is 15.9 Å². The number of anilines is 2. The molecule has 2 rings (SSSR count). The molecule has 2 amide bonds. The second kappa shape index (κ2) is 6.54. The summed E-state index contributed by atoms with van der Waals surface area (Å²) in [4.78, 5) is 23.3. The molecule has 0 atom stereocenters. The van der Waals surface area contributed by atoms with Crippen LogP contribution in [0.25, 0.3) is 0 Å². The molecule has 0 aliphatic heterocycles. The molecule has 0 bridgehead atoms. The van der Waals surface area contributed by atoms with Gasteiger partial charge in [-0.1, -0.05) is 28.1 Å². The number of carbonyl (C=O) groups is 2. The Bertz CT molecular complexity index is 698. The molecule has 5 heteroatoms. The molecule has 2 aromatic rings. The largest absolute Gasteiger partial charge is 0.323 e. The molecule has 0 radical (unpaired) electrons. The van der Waals surface area contributed by atoms with Gasteiger partial charge in [0.05, 0.1) is 0 Å². The summed E-state index contributed by atoms with van der Waals surface area (Å²) in [5, 5.41) is 5.49. The monoisotopic (exact) mass is 346 g/mol. The van der Waals surface area contributed by atoms with E-state index in [2.05, 4.69) is 26.6 Å². The van der Waals surface area contributed by atoms with Gasteiger partial charge < -0.3 is 10.6 Å². The Morgan fingerprint density at radius 3 is 2.48 bits per heavy atom. The fourth-order valence-electron chi connectivity index (χ4n) is 1.87. The molecule has 0 aliphatic carbocycles. The molecule has 2 aromatic carbocycles. The minimum Gasteiger partial charge on any atom is -0.308 e. The van der Waals surface area contributed by atoms with Crippen LogP contribution in [0.1, 0.15) is 22.8 Å². The first-order valence-corrected chi connectivity index (χ1v) is 7.20. The molecule has 108 valence electrons. The molecular formula is C16H15BrN2O2.